The molecule has 1 fully saturated rings. The van der Waals surface area contributed by atoms with Crippen molar-refractivity contribution in [3.8, 4) is 17.2 Å². The zero-order chi connectivity index (χ0) is 27.1. The third kappa shape index (κ3) is 6.05. The van der Waals surface area contributed by atoms with Gasteiger partial charge in [-0.3, -0.25) is 9.59 Å². The maximum Gasteiger partial charge on any atom is 0.332 e. The number of hydrogen-bond acceptors (Lipinski definition) is 6. The van der Waals surface area contributed by atoms with Crippen molar-refractivity contribution in [3.63, 3.8) is 0 Å². The third-order valence-electron chi connectivity index (χ3n) is 6.13. The van der Waals surface area contributed by atoms with Gasteiger partial charge in [0.1, 0.15) is 23.3 Å². The molecule has 0 saturated carbocycles. The van der Waals surface area contributed by atoms with E-state index in [4.69, 9.17) is 14.2 Å². The van der Waals surface area contributed by atoms with Gasteiger partial charge in [0.15, 0.2) is 0 Å². The van der Waals surface area contributed by atoms with Crippen molar-refractivity contribution < 1.29 is 28.6 Å². The zero-order valence-electron chi connectivity index (χ0n) is 21.7. The van der Waals surface area contributed by atoms with Gasteiger partial charge in [-0.05, 0) is 72.6 Å². The predicted octanol–water partition coefficient (Wildman–Crippen LogP) is 4.86. The highest BCUT2D eigenvalue weighted by molar-refractivity contribution is 6.22. The highest BCUT2D eigenvalue weighted by Gasteiger charge is 2.46. The second kappa shape index (κ2) is 12.1. The molecule has 198 valence electrons. The van der Waals surface area contributed by atoms with Crippen LogP contribution in [0.1, 0.15) is 25.3 Å². The molecule has 1 aliphatic rings. The van der Waals surface area contributed by atoms with Gasteiger partial charge >= 0.3 is 6.03 Å². The van der Waals surface area contributed by atoms with Crippen LogP contribution in [-0.4, -0.2) is 49.6 Å². The van der Waals surface area contributed by atoms with Crippen LogP contribution in [0.2, 0.25) is 0 Å². The minimum Gasteiger partial charge on any atom is -0.497 e. The maximum absolute atomic E-state index is 13.5. The van der Waals surface area contributed by atoms with E-state index >= 15 is 0 Å². The number of ether oxygens (including phenoxy) is 3. The van der Waals surface area contributed by atoms with Gasteiger partial charge in [-0.25, -0.2) is 9.69 Å². The summed E-state index contributed by atoms with van der Waals surface area (Å²) < 4.78 is 16.1. The fraction of sp³-hybridized carbons (Fsp3) is 0.276. The van der Waals surface area contributed by atoms with Crippen LogP contribution in [0.3, 0.4) is 0 Å². The molecule has 1 atom stereocenters. The van der Waals surface area contributed by atoms with E-state index in [9.17, 15) is 14.4 Å². The molecular formula is C29H31N3O6. The highest BCUT2D eigenvalue weighted by Crippen LogP contribution is 2.30. The number of urea groups is 1. The molecule has 0 bridgehead atoms. The van der Waals surface area contributed by atoms with Gasteiger partial charge in [0.2, 0.25) is 5.91 Å². The predicted molar refractivity (Wildman–Crippen MR) is 144 cm³/mol. The van der Waals surface area contributed by atoms with Gasteiger partial charge in [-0.15, -0.1) is 0 Å². The first kappa shape index (κ1) is 26.5. The summed E-state index contributed by atoms with van der Waals surface area (Å²) in [5.41, 5.74) is 1.75. The van der Waals surface area contributed by atoms with Crippen LogP contribution in [0.15, 0.2) is 72.8 Å². The summed E-state index contributed by atoms with van der Waals surface area (Å²) in [6, 6.07) is 19.4. The maximum atomic E-state index is 13.5. The molecule has 1 aliphatic heterocycles. The molecule has 1 N–H and O–H groups in total. The van der Waals surface area contributed by atoms with E-state index in [0.29, 0.717) is 35.2 Å². The molecule has 4 amide bonds. The molecule has 9 nitrogen and oxygen atoms in total. The normalized spacial score (nSPS) is 15.0. The fourth-order valence-corrected chi connectivity index (χ4v) is 4.19. The van der Waals surface area contributed by atoms with E-state index in [0.717, 1.165) is 16.9 Å². The molecule has 0 aromatic heterocycles. The van der Waals surface area contributed by atoms with Crippen LogP contribution in [-0.2, 0) is 16.1 Å². The number of nitrogens with zero attached hydrogens (tertiary/aromatic N) is 2. The first-order valence-electron chi connectivity index (χ1n) is 12.4. The van der Waals surface area contributed by atoms with Gasteiger partial charge in [0, 0.05) is 12.2 Å². The quantitative estimate of drug-likeness (QED) is 0.365. The lowest BCUT2D eigenvalue weighted by Gasteiger charge is -2.22. The Balaban J connectivity index is 1.55. The Morgan fingerprint density at radius 1 is 0.895 bits per heavy atom. The summed E-state index contributed by atoms with van der Waals surface area (Å²) in [5.74, 6) is 1.09. The van der Waals surface area contributed by atoms with Crippen molar-refractivity contribution in [2.24, 2.45) is 0 Å². The topological polar surface area (TPSA) is 97.4 Å². The van der Waals surface area contributed by atoms with Crippen molar-refractivity contribution in [3.05, 3.63) is 78.4 Å². The molecule has 3 aromatic carbocycles. The average Bonchev–Trinajstić information content (AvgIpc) is 3.16. The van der Waals surface area contributed by atoms with E-state index in [-0.39, 0.29) is 18.9 Å². The largest absolute Gasteiger partial charge is 0.497 e. The Bertz CT molecular complexity index is 1280. The summed E-state index contributed by atoms with van der Waals surface area (Å²) >= 11 is 0. The van der Waals surface area contributed by atoms with E-state index in [1.165, 1.54) is 12.0 Å². The molecule has 38 heavy (non-hydrogen) atoms. The smallest absolute Gasteiger partial charge is 0.332 e. The number of amides is 4. The summed E-state index contributed by atoms with van der Waals surface area (Å²) in [6.07, 6.45) is 0.696. The number of carbonyl (C=O) groups is 3. The van der Waals surface area contributed by atoms with Gasteiger partial charge in [0.05, 0.1) is 32.9 Å². The van der Waals surface area contributed by atoms with Crippen LogP contribution in [0, 0.1) is 0 Å². The Labute approximate surface area is 221 Å². The molecule has 0 unspecified atom stereocenters. The SMILES string of the molecule is CCCOc1ccc(NC(=O)C[C@H]2C(=O)N(c3ccc(OC)cc3)C(=O)N2Cc2cccc(OC)c2)cc1. The van der Waals surface area contributed by atoms with Gasteiger partial charge in [-0.2, -0.15) is 0 Å². The number of methoxy groups -OCH3 is 2. The Morgan fingerprint density at radius 2 is 1.58 bits per heavy atom. The van der Waals surface area contributed by atoms with E-state index in [2.05, 4.69) is 5.32 Å². The lowest BCUT2D eigenvalue weighted by molar-refractivity contribution is -0.124. The second-order valence-corrected chi connectivity index (χ2v) is 8.77. The second-order valence-electron chi connectivity index (χ2n) is 8.77. The fourth-order valence-electron chi connectivity index (χ4n) is 4.19. The van der Waals surface area contributed by atoms with Crippen molar-refractivity contribution in [1.29, 1.82) is 0 Å². The minimum atomic E-state index is -0.983. The number of nitrogens with one attached hydrogen (secondary N) is 1. The van der Waals surface area contributed by atoms with Crippen LogP contribution >= 0.6 is 0 Å². The molecule has 0 radical (unpaired) electrons. The number of anilines is 2. The Morgan fingerprint density at radius 3 is 2.24 bits per heavy atom. The van der Waals surface area contributed by atoms with E-state index in [1.807, 2.05) is 19.1 Å². The number of hydrogen-bond donors (Lipinski definition) is 1. The third-order valence-corrected chi connectivity index (χ3v) is 6.13. The molecule has 0 spiro atoms. The molecule has 3 aromatic rings. The first-order chi connectivity index (χ1) is 18.4. The minimum absolute atomic E-state index is 0.135. The Hall–Kier alpha value is -4.53. The van der Waals surface area contributed by atoms with Gasteiger partial charge in [-0.1, -0.05) is 19.1 Å². The van der Waals surface area contributed by atoms with E-state index < -0.39 is 18.0 Å². The van der Waals surface area contributed by atoms with Crippen LogP contribution in [0.5, 0.6) is 17.2 Å². The summed E-state index contributed by atoms with van der Waals surface area (Å²) in [6.45, 7) is 2.77. The monoisotopic (exact) mass is 517 g/mol. The molecule has 1 saturated heterocycles. The number of carbonyl (C=O) groups excluding carboxylic acids is 3. The summed E-state index contributed by atoms with van der Waals surface area (Å²) in [5, 5.41) is 2.82. The van der Waals surface area contributed by atoms with Crippen LogP contribution < -0.4 is 24.4 Å². The molecular weight excluding hydrogens is 486 g/mol. The van der Waals surface area contributed by atoms with Crippen molar-refractivity contribution >= 4 is 29.2 Å². The summed E-state index contributed by atoms with van der Waals surface area (Å²) in [4.78, 5) is 42.6. The molecule has 4 rings (SSSR count). The Kier molecular flexibility index (Phi) is 8.47. The average molecular weight is 518 g/mol. The van der Waals surface area contributed by atoms with Crippen molar-refractivity contribution in [2.45, 2.75) is 32.4 Å². The molecule has 0 aliphatic carbocycles. The lowest BCUT2D eigenvalue weighted by Crippen LogP contribution is -2.37. The molecule has 1 heterocycles. The highest BCUT2D eigenvalue weighted by atomic mass is 16.5. The van der Waals surface area contributed by atoms with Crippen LogP contribution in [0.4, 0.5) is 16.2 Å². The lowest BCUT2D eigenvalue weighted by atomic mass is 10.1. The van der Waals surface area contributed by atoms with E-state index in [1.54, 1.807) is 67.8 Å². The number of rotatable bonds is 11. The van der Waals surface area contributed by atoms with Gasteiger partial charge in [0.25, 0.3) is 5.91 Å². The van der Waals surface area contributed by atoms with Crippen LogP contribution in [0.25, 0.3) is 0 Å². The standard InChI is InChI=1S/C29H31N3O6/c1-4-16-38-24-12-8-21(9-13-24)30-27(33)18-26-28(34)32(22-10-14-23(36-2)15-11-22)29(35)31(26)19-20-6-5-7-25(17-20)37-3/h5-15,17,26H,4,16,18-19H2,1-3H3,(H,30,33)/t26-/m0/s1. The summed E-state index contributed by atoms with van der Waals surface area (Å²) in [7, 11) is 3.10. The van der Waals surface area contributed by atoms with Crippen molar-refractivity contribution in [1.82, 2.24) is 4.90 Å². The van der Waals surface area contributed by atoms with Crippen molar-refractivity contribution in [2.75, 3.05) is 31.0 Å². The first-order valence-corrected chi connectivity index (χ1v) is 12.4. The number of imide groups is 1. The molecule has 9 heteroatoms. The number of benzene rings is 3. The zero-order valence-corrected chi connectivity index (χ0v) is 21.7. The van der Waals surface area contributed by atoms with Gasteiger partial charge < -0.3 is 24.4 Å².